The molecule has 0 radical (unpaired) electrons. The van der Waals surface area contributed by atoms with Gasteiger partial charge in [-0.3, -0.25) is 14.4 Å². The highest BCUT2D eigenvalue weighted by Crippen LogP contribution is 2.35. The standard InChI is InChI=1S/C17H19NO4S/c1-4-23-17-14(12(9-13(19)20)16(22)18(17)3)15(21)11-7-5-10(2)6-8-11/h5-8,17H,4,9H2,1-3H3,(H,19,20). The number of carboxylic acid groups (broad SMARTS) is 1. The molecule has 0 bridgehead atoms. The summed E-state index contributed by atoms with van der Waals surface area (Å²) in [5.74, 6) is -1.05. The van der Waals surface area contributed by atoms with E-state index in [-0.39, 0.29) is 17.3 Å². The molecule has 1 aromatic carbocycles. The lowest BCUT2D eigenvalue weighted by atomic mass is 9.98. The first-order valence-electron chi connectivity index (χ1n) is 7.31. The van der Waals surface area contributed by atoms with Crippen LogP contribution in [0.15, 0.2) is 35.4 Å². The lowest BCUT2D eigenvalue weighted by molar-refractivity contribution is -0.137. The highest BCUT2D eigenvalue weighted by Gasteiger charge is 2.41. The van der Waals surface area contributed by atoms with Crippen molar-refractivity contribution in [2.24, 2.45) is 0 Å². The molecular formula is C17H19NO4S. The zero-order valence-electron chi connectivity index (χ0n) is 13.3. The Balaban J connectivity index is 2.51. The number of aliphatic carboxylic acids is 1. The van der Waals surface area contributed by atoms with Gasteiger partial charge in [-0.2, -0.15) is 0 Å². The van der Waals surface area contributed by atoms with E-state index in [9.17, 15) is 14.4 Å². The van der Waals surface area contributed by atoms with Gasteiger partial charge in [-0.15, -0.1) is 11.8 Å². The molecule has 0 aromatic heterocycles. The van der Waals surface area contributed by atoms with E-state index < -0.39 is 17.8 Å². The zero-order valence-corrected chi connectivity index (χ0v) is 14.1. The fourth-order valence-electron chi connectivity index (χ4n) is 2.56. The van der Waals surface area contributed by atoms with E-state index in [0.29, 0.717) is 16.9 Å². The number of thioether (sulfide) groups is 1. The number of likely N-dealkylation sites (N-methyl/N-ethyl adjacent to an activating group) is 1. The molecule has 0 spiro atoms. The Morgan fingerprint density at radius 2 is 1.87 bits per heavy atom. The predicted molar refractivity (Wildman–Crippen MR) is 89.5 cm³/mol. The van der Waals surface area contributed by atoms with Gasteiger partial charge < -0.3 is 10.0 Å². The average molecular weight is 333 g/mol. The number of hydrogen-bond donors (Lipinski definition) is 1. The molecule has 0 aliphatic carbocycles. The minimum absolute atomic E-state index is 0.0940. The third-order valence-corrected chi connectivity index (χ3v) is 4.91. The molecule has 0 saturated heterocycles. The summed E-state index contributed by atoms with van der Waals surface area (Å²) in [5.41, 5.74) is 1.89. The summed E-state index contributed by atoms with van der Waals surface area (Å²) in [4.78, 5) is 37.8. The van der Waals surface area contributed by atoms with Crippen LogP contribution in [0.5, 0.6) is 0 Å². The van der Waals surface area contributed by atoms with Crippen molar-refractivity contribution in [3.8, 4) is 0 Å². The summed E-state index contributed by atoms with van der Waals surface area (Å²) in [5, 5.41) is 8.64. The molecule has 1 heterocycles. The Labute approximate surface area is 139 Å². The smallest absolute Gasteiger partial charge is 0.308 e. The number of carbonyl (C=O) groups is 3. The second-order valence-corrected chi connectivity index (χ2v) is 6.74. The second kappa shape index (κ2) is 7.00. The number of ketones is 1. The van der Waals surface area contributed by atoms with E-state index in [1.807, 2.05) is 26.0 Å². The first-order valence-corrected chi connectivity index (χ1v) is 8.36. The van der Waals surface area contributed by atoms with Crippen molar-refractivity contribution in [3.63, 3.8) is 0 Å². The monoisotopic (exact) mass is 333 g/mol. The molecule has 122 valence electrons. The van der Waals surface area contributed by atoms with E-state index >= 15 is 0 Å². The largest absolute Gasteiger partial charge is 0.481 e. The number of carbonyl (C=O) groups excluding carboxylic acids is 2. The number of hydrogen-bond acceptors (Lipinski definition) is 4. The number of benzene rings is 1. The van der Waals surface area contributed by atoms with E-state index in [4.69, 9.17) is 5.11 Å². The maximum absolute atomic E-state index is 12.9. The van der Waals surface area contributed by atoms with E-state index in [2.05, 4.69) is 0 Å². The van der Waals surface area contributed by atoms with Crippen LogP contribution in [0.2, 0.25) is 0 Å². The third-order valence-electron chi connectivity index (χ3n) is 3.71. The van der Waals surface area contributed by atoms with E-state index in [0.717, 1.165) is 5.56 Å². The Kier molecular flexibility index (Phi) is 5.26. The fourth-order valence-corrected chi connectivity index (χ4v) is 3.61. The van der Waals surface area contributed by atoms with Gasteiger partial charge in [0.2, 0.25) is 0 Å². The van der Waals surface area contributed by atoms with Crippen molar-refractivity contribution in [2.75, 3.05) is 12.8 Å². The number of Topliss-reactive ketones (excluding diaryl/α,β-unsaturated/α-hetero) is 1. The molecule has 1 N–H and O–H groups in total. The molecule has 1 atom stereocenters. The highest BCUT2D eigenvalue weighted by atomic mass is 32.2. The summed E-state index contributed by atoms with van der Waals surface area (Å²) >= 11 is 1.45. The van der Waals surface area contributed by atoms with Crippen molar-refractivity contribution in [2.45, 2.75) is 25.6 Å². The van der Waals surface area contributed by atoms with Gasteiger partial charge in [0.15, 0.2) is 5.78 Å². The lowest BCUT2D eigenvalue weighted by Crippen LogP contribution is -2.31. The molecule has 23 heavy (non-hydrogen) atoms. The summed E-state index contributed by atoms with van der Waals surface area (Å²) < 4.78 is 0. The predicted octanol–water partition coefficient (Wildman–Crippen LogP) is 2.50. The number of carboxylic acids is 1. The first-order chi connectivity index (χ1) is 10.9. The normalized spacial score (nSPS) is 17.8. The Morgan fingerprint density at radius 3 is 2.39 bits per heavy atom. The summed E-state index contributed by atoms with van der Waals surface area (Å²) in [6.07, 6.45) is -0.434. The highest BCUT2D eigenvalue weighted by molar-refractivity contribution is 8.00. The molecule has 1 unspecified atom stereocenters. The van der Waals surface area contributed by atoms with Crippen molar-refractivity contribution in [3.05, 3.63) is 46.5 Å². The van der Waals surface area contributed by atoms with Gasteiger partial charge in [0.1, 0.15) is 5.37 Å². The van der Waals surface area contributed by atoms with Crippen LogP contribution in [0.25, 0.3) is 0 Å². The Morgan fingerprint density at radius 1 is 1.26 bits per heavy atom. The van der Waals surface area contributed by atoms with Gasteiger partial charge in [0, 0.05) is 23.8 Å². The minimum Gasteiger partial charge on any atom is -0.481 e. The SMILES string of the molecule is CCSC1C(C(=O)c2ccc(C)cc2)=C(CC(=O)O)C(=O)N1C. The van der Waals surface area contributed by atoms with Crippen LogP contribution in [-0.4, -0.2) is 45.8 Å². The van der Waals surface area contributed by atoms with Crippen molar-refractivity contribution < 1.29 is 19.5 Å². The number of rotatable bonds is 6. The van der Waals surface area contributed by atoms with Gasteiger partial charge >= 0.3 is 5.97 Å². The van der Waals surface area contributed by atoms with Gasteiger partial charge in [-0.1, -0.05) is 36.8 Å². The maximum Gasteiger partial charge on any atom is 0.308 e. The van der Waals surface area contributed by atoms with Crippen LogP contribution < -0.4 is 0 Å². The number of nitrogens with zero attached hydrogens (tertiary/aromatic N) is 1. The van der Waals surface area contributed by atoms with Crippen LogP contribution in [0.4, 0.5) is 0 Å². The average Bonchev–Trinajstić information content (AvgIpc) is 2.72. The summed E-state index contributed by atoms with van der Waals surface area (Å²) in [6.45, 7) is 3.86. The molecule has 1 amide bonds. The van der Waals surface area contributed by atoms with E-state index in [1.54, 1.807) is 19.2 Å². The second-order valence-electron chi connectivity index (χ2n) is 5.38. The van der Waals surface area contributed by atoms with Crippen molar-refractivity contribution >= 4 is 29.4 Å². The summed E-state index contributed by atoms with van der Waals surface area (Å²) in [7, 11) is 1.60. The molecule has 1 aliphatic heterocycles. The number of aryl methyl sites for hydroxylation is 1. The molecule has 0 saturated carbocycles. The molecule has 5 nitrogen and oxygen atoms in total. The molecular weight excluding hydrogens is 314 g/mol. The maximum atomic E-state index is 12.9. The lowest BCUT2D eigenvalue weighted by Gasteiger charge is -2.21. The van der Waals surface area contributed by atoms with Crippen LogP contribution in [-0.2, 0) is 9.59 Å². The van der Waals surface area contributed by atoms with Crippen LogP contribution in [0.3, 0.4) is 0 Å². The third kappa shape index (κ3) is 3.47. The van der Waals surface area contributed by atoms with E-state index in [1.165, 1.54) is 16.7 Å². The van der Waals surface area contributed by atoms with Crippen LogP contribution >= 0.6 is 11.8 Å². The summed E-state index contributed by atoms with van der Waals surface area (Å²) in [6, 6.07) is 7.07. The van der Waals surface area contributed by atoms with Crippen molar-refractivity contribution in [1.29, 1.82) is 0 Å². The molecule has 2 rings (SSSR count). The van der Waals surface area contributed by atoms with Gasteiger partial charge in [0.25, 0.3) is 5.91 Å². The molecule has 0 fully saturated rings. The minimum atomic E-state index is -1.11. The zero-order chi connectivity index (χ0) is 17.1. The molecule has 1 aliphatic rings. The van der Waals surface area contributed by atoms with Crippen molar-refractivity contribution in [1.82, 2.24) is 4.90 Å². The number of amides is 1. The molecule has 6 heteroatoms. The molecule has 1 aromatic rings. The van der Waals surface area contributed by atoms with Gasteiger partial charge in [0.05, 0.1) is 6.42 Å². The Bertz CT molecular complexity index is 678. The van der Waals surface area contributed by atoms with Crippen LogP contribution in [0, 0.1) is 6.92 Å². The van der Waals surface area contributed by atoms with Gasteiger partial charge in [-0.05, 0) is 12.7 Å². The fraction of sp³-hybridized carbons (Fsp3) is 0.353. The van der Waals surface area contributed by atoms with Crippen LogP contribution in [0.1, 0.15) is 29.3 Å². The quantitative estimate of drug-likeness (QED) is 0.810. The topological polar surface area (TPSA) is 74.7 Å². The Hall–Kier alpha value is -2.08. The van der Waals surface area contributed by atoms with Gasteiger partial charge in [-0.25, -0.2) is 0 Å². The first kappa shape index (κ1) is 17.3.